The number of ether oxygens (including phenoxy) is 1. The number of benzene rings is 2. The normalized spacial score (nSPS) is 16.9. The Bertz CT molecular complexity index is 703. The van der Waals surface area contributed by atoms with E-state index in [1.807, 2.05) is 29.2 Å². The molecular formula is C20H25ClN2O2. The summed E-state index contributed by atoms with van der Waals surface area (Å²) in [5.74, 6) is 0.764. The van der Waals surface area contributed by atoms with E-state index in [-0.39, 0.29) is 24.4 Å². The SMILES string of the molecule is CCc1ccc(C2CNCCN2C(=O)c2cccc(OC)c2)cc1.Cl. The Morgan fingerprint density at radius 1 is 1.24 bits per heavy atom. The smallest absolute Gasteiger partial charge is 0.254 e. The van der Waals surface area contributed by atoms with Crippen molar-refractivity contribution in [3.8, 4) is 5.75 Å². The second kappa shape index (κ2) is 8.88. The minimum absolute atomic E-state index is 0. The molecule has 2 aromatic rings. The van der Waals surface area contributed by atoms with E-state index in [0.29, 0.717) is 17.9 Å². The van der Waals surface area contributed by atoms with Gasteiger partial charge in [0.25, 0.3) is 5.91 Å². The van der Waals surface area contributed by atoms with Gasteiger partial charge in [0.15, 0.2) is 0 Å². The van der Waals surface area contributed by atoms with Gasteiger partial charge >= 0.3 is 0 Å². The van der Waals surface area contributed by atoms with Crippen LogP contribution in [0.15, 0.2) is 48.5 Å². The minimum Gasteiger partial charge on any atom is -0.497 e. The number of rotatable bonds is 4. The Morgan fingerprint density at radius 3 is 2.68 bits per heavy atom. The summed E-state index contributed by atoms with van der Waals surface area (Å²) >= 11 is 0. The molecule has 25 heavy (non-hydrogen) atoms. The fraction of sp³-hybridized carbons (Fsp3) is 0.350. The lowest BCUT2D eigenvalue weighted by molar-refractivity contribution is 0.0634. The zero-order valence-corrected chi connectivity index (χ0v) is 15.5. The lowest BCUT2D eigenvalue weighted by atomic mass is 10.00. The summed E-state index contributed by atoms with van der Waals surface area (Å²) < 4.78 is 5.25. The first-order valence-electron chi connectivity index (χ1n) is 8.47. The van der Waals surface area contributed by atoms with Crippen molar-refractivity contribution in [1.82, 2.24) is 10.2 Å². The molecule has 3 rings (SSSR count). The summed E-state index contributed by atoms with van der Waals surface area (Å²) in [5, 5.41) is 3.40. The van der Waals surface area contributed by atoms with Crippen LogP contribution < -0.4 is 10.1 Å². The van der Waals surface area contributed by atoms with Crippen molar-refractivity contribution in [2.45, 2.75) is 19.4 Å². The van der Waals surface area contributed by atoms with E-state index in [2.05, 4.69) is 36.5 Å². The molecule has 4 nitrogen and oxygen atoms in total. The van der Waals surface area contributed by atoms with Gasteiger partial charge in [0.1, 0.15) is 5.75 Å². The molecule has 0 aliphatic carbocycles. The molecule has 0 saturated carbocycles. The van der Waals surface area contributed by atoms with E-state index in [1.165, 1.54) is 11.1 Å². The number of carbonyl (C=O) groups is 1. The molecule has 5 heteroatoms. The summed E-state index contributed by atoms with van der Waals surface area (Å²) in [6, 6.07) is 16.0. The summed E-state index contributed by atoms with van der Waals surface area (Å²) in [6.07, 6.45) is 1.02. The van der Waals surface area contributed by atoms with E-state index < -0.39 is 0 Å². The average molecular weight is 361 g/mol. The van der Waals surface area contributed by atoms with Crippen molar-refractivity contribution in [2.24, 2.45) is 0 Å². The summed E-state index contributed by atoms with van der Waals surface area (Å²) in [5.41, 5.74) is 3.16. The largest absolute Gasteiger partial charge is 0.497 e. The van der Waals surface area contributed by atoms with Crippen LogP contribution in [0.4, 0.5) is 0 Å². The molecule has 1 heterocycles. The molecule has 0 aromatic heterocycles. The molecule has 1 atom stereocenters. The highest BCUT2D eigenvalue weighted by Gasteiger charge is 2.28. The summed E-state index contributed by atoms with van der Waals surface area (Å²) in [4.78, 5) is 15.0. The van der Waals surface area contributed by atoms with Gasteiger partial charge in [-0.05, 0) is 35.7 Å². The number of halogens is 1. The number of methoxy groups -OCH3 is 1. The Hall–Kier alpha value is -2.04. The quantitative estimate of drug-likeness (QED) is 0.907. The average Bonchev–Trinajstić information content (AvgIpc) is 2.67. The van der Waals surface area contributed by atoms with Crippen LogP contribution in [0.25, 0.3) is 0 Å². The molecule has 134 valence electrons. The first kappa shape index (κ1) is 19.3. The second-order valence-electron chi connectivity index (χ2n) is 6.05. The van der Waals surface area contributed by atoms with Crippen molar-refractivity contribution >= 4 is 18.3 Å². The highest BCUT2D eigenvalue weighted by atomic mass is 35.5. The number of hydrogen-bond acceptors (Lipinski definition) is 3. The molecule has 0 radical (unpaired) electrons. The van der Waals surface area contributed by atoms with E-state index in [4.69, 9.17) is 4.74 Å². The number of carbonyl (C=O) groups excluding carboxylic acids is 1. The van der Waals surface area contributed by atoms with Gasteiger partial charge in [0.05, 0.1) is 13.2 Å². The van der Waals surface area contributed by atoms with Gasteiger partial charge in [-0.2, -0.15) is 0 Å². The van der Waals surface area contributed by atoms with Gasteiger partial charge in [0.2, 0.25) is 0 Å². The molecule has 1 amide bonds. The van der Waals surface area contributed by atoms with Gasteiger partial charge in [-0.1, -0.05) is 37.3 Å². The Morgan fingerprint density at radius 2 is 2.00 bits per heavy atom. The van der Waals surface area contributed by atoms with E-state index in [1.54, 1.807) is 7.11 Å². The number of nitrogens with zero attached hydrogens (tertiary/aromatic N) is 1. The Kier molecular flexibility index (Phi) is 6.85. The molecule has 0 bridgehead atoms. The highest BCUT2D eigenvalue weighted by Crippen LogP contribution is 2.25. The third kappa shape index (κ3) is 4.33. The molecule has 1 N–H and O–H groups in total. The molecule has 2 aromatic carbocycles. The molecule has 1 aliphatic heterocycles. The molecule has 0 spiro atoms. The first-order chi connectivity index (χ1) is 11.7. The van der Waals surface area contributed by atoms with Gasteiger partial charge in [-0.15, -0.1) is 12.4 Å². The number of nitrogens with one attached hydrogen (secondary N) is 1. The monoisotopic (exact) mass is 360 g/mol. The van der Waals surface area contributed by atoms with Crippen molar-refractivity contribution in [3.63, 3.8) is 0 Å². The Balaban J connectivity index is 0.00000225. The predicted molar refractivity (Wildman–Crippen MR) is 103 cm³/mol. The number of hydrogen-bond donors (Lipinski definition) is 1. The number of piperazine rings is 1. The van der Waals surface area contributed by atoms with Crippen molar-refractivity contribution < 1.29 is 9.53 Å². The highest BCUT2D eigenvalue weighted by molar-refractivity contribution is 5.95. The maximum Gasteiger partial charge on any atom is 0.254 e. The zero-order chi connectivity index (χ0) is 16.9. The maximum atomic E-state index is 13.0. The van der Waals surface area contributed by atoms with Crippen molar-refractivity contribution in [1.29, 1.82) is 0 Å². The third-order valence-electron chi connectivity index (χ3n) is 4.59. The fourth-order valence-electron chi connectivity index (χ4n) is 3.14. The standard InChI is InChI=1S/C20H24N2O2.ClH/c1-3-15-7-9-16(10-8-15)19-14-21-11-12-22(19)20(23)17-5-4-6-18(13-17)24-2;/h4-10,13,19,21H,3,11-12,14H2,1-2H3;1H. The molecular weight excluding hydrogens is 336 g/mol. The van der Waals surface area contributed by atoms with Gasteiger partial charge in [-0.3, -0.25) is 4.79 Å². The first-order valence-corrected chi connectivity index (χ1v) is 8.47. The van der Waals surface area contributed by atoms with E-state index in [0.717, 1.165) is 19.5 Å². The maximum absolute atomic E-state index is 13.0. The van der Waals surface area contributed by atoms with Gasteiger partial charge in [-0.25, -0.2) is 0 Å². The second-order valence-corrected chi connectivity index (χ2v) is 6.05. The van der Waals surface area contributed by atoms with Crippen molar-refractivity contribution in [3.05, 3.63) is 65.2 Å². The lowest BCUT2D eigenvalue weighted by Crippen LogP contribution is -2.48. The van der Waals surface area contributed by atoms with Crippen LogP contribution in [0.5, 0.6) is 5.75 Å². The fourth-order valence-corrected chi connectivity index (χ4v) is 3.14. The van der Waals surface area contributed by atoms with Gasteiger partial charge in [0, 0.05) is 25.2 Å². The minimum atomic E-state index is 0. The number of aryl methyl sites for hydroxylation is 1. The molecule has 1 saturated heterocycles. The summed E-state index contributed by atoms with van der Waals surface area (Å²) in [6.45, 7) is 4.45. The zero-order valence-electron chi connectivity index (χ0n) is 14.7. The molecule has 1 fully saturated rings. The van der Waals surface area contributed by atoms with Crippen LogP contribution in [-0.4, -0.2) is 37.6 Å². The van der Waals surface area contributed by atoms with Crippen LogP contribution in [0, 0.1) is 0 Å². The number of amides is 1. The third-order valence-corrected chi connectivity index (χ3v) is 4.59. The van der Waals surface area contributed by atoms with E-state index >= 15 is 0 Å². The van der Waals surface area contributed by atoms with Crippen LogP contribution in [0.3, 0.4) is 0 Å². The van der Waals surface area contributed by atoms with Crippen LogP contribution in [0.1, 0.15) is 34.5 Å². The topological polar surface area (TPSA) is 41.6 Å². The lowest BCUT2D eigenvalue weighted by Gasteiger charge is -2.36. The predicted octanol–water partition coefficient (Wildman–Crippen LogP) is 3.47. The van der Waals surface area contributed by atoms with Crippen LogP contribution in [0.2, 0.25) is 0 Å². The van der Waals surface area contributed by atoms with Crippen LogP contribution in [-0.2, 0) is 6.42 Å². The Labute approximate surface area is 155 Å². The summed E-state index contributed by atoms with van der Waals surface area (Å²) in [7, 11) is 1.62. The molecule has 1 aliphatic rings. The van der Waals surface area contributed by atoms with E-state index in [9.17, 15) is 4.79 Å². The van der Waals surface area contributed by atoms with Gasteiger partial charge < -0.3 is 15.0 Å². The van der Waals surface area contributed by atoms with Crippen molar-refractivity contribution in [2.75, 3.05) is 26.7 Å². The van der Waals surface area contributed by atoms with Crippen LogP contribution >= 0.6 is 12.4 Å². The molecule has 1 unspecified atom stereocenters.